The minimum absolute atomic E-state index is 0.187. The highest BCUT2D eigenvalue weighted by molar-refractivity contribution is 7.30. The van der Waals surface area contributed by atoms with Crippen LogP contribution >= 0.6 is 45.3 Å². The fourth-order valence-electron chi connectivity index (χ4n) is 9.00. The number of rotatable bonds is 33. The zero-order valence-corrected chi connectivity index (χ0v) is 42.9. The largest absolute Gasteiger partial charge is 0.492 e. The number of unbranched alkanes of at least 4 members (excludes halogenated alkanes) is 23. The summed E-state index contributed by atoms with van der Waals surface area (Å²) < 4.78 is 23.2. The number of aryl methyl sites for hydroxylation is 2. The SMILES string of the molecule is CCCCCCCCCCCCOc1c2cc3sc(-c4sc(C)c5sc(C(=O)OCCCCCCCC)cc45)cc3cc2c(OCCCCCCCCCCCC)c2sc(C)cc12. The minimum atomic E-state index is -0.187. The third-order valence-corrected chi connectivity index (χ3v) is 17.5. The molecule has 2 aromatic carbocycles. The quantitative estimate of drug-likeness (QED) is 0.0305. The summed E-state index contributed by atoms with van der Waals surface area (Å²) >= 11 is 7.11. The molecule has 0 bridgehead atoms. The lowest BCUT2D eigenvalue weighted by molar-refractivity contribution is 0.0503. The highest BCUT2D eigenvalue weighted by Gasteiger charge is 2.23. The lowest BCUT2D eigenvalue weighted by Gasteiger charge is -2.16. The first-order chi connectivity index (χ1) is 30.9. The van der Waals surface area contributed by atoms with Gasteiger partial charge in [-0.05, 0) is 68.8 Å². The Morgan fingerprint density at radius 1 is 0.460 bits per heavy atom. The first-order valence-corrected chi connectivity index (χ1v) is 28.6. The van der Waals surface area contributed by atoms with Crippen molar-refractivity contribution in [2.45, 2.75) is 202 Å². The van der Waals surface area contributed by atoms with Gasteiger partial charge in [-0.1, -0.05) is 168 Å². The van der Waals surface area contributed by atoms with Crippen molar-refractivity contribution in [2.24, 2.45) is 0 Å². The normalized spacial score (nSPS) is 11.9. The van der Waals surface area contributed by atoms with Crippen molar-refractivity contribution in [1.29, 1.82) is 0 Å². The van der Waals surface area contributed by atoms with E-state index >= 15 is 0 Å². The molecule has 0 aliphatic heterocycles. The Kier molecular flexibility index (Phi) is 21.4. The molecular formula is C55H78O4S4. The molecule has 6 rings (SSSR count). The number of esters is 1. The number of carbonyl (C=O) groups excluding carboxylic acids is 1. The van der Waals surface area contributed by atoms with Crippen molar-refractivity contribution in [3.63, 3.8) is 0 Å². The van der Waals surface area contributed by atoms with E-state index in [-0.39, 0.29) is 5.97 Å². The van der Waals surface area contributed by atoms with Gasteiger partial charge < -0.3 is 14.2 Å². The molecule has 0 saturated carbocycles. The van der Waals surface area contributed by atoms with Crippen LogP contribution in [0.3, 0.4) is 0 Å². The fraction of sp³-hybridized carbons (Fsp3) is 0.618. The van der Waals surface area contributed by atoms with Crippen LogP contribution in [0, 0.1) is 13.8 Å². The Bertz CT molecular complexity index is 2170. The van der Waals surface area contributed by atoms with Crippen LogP contribution in [0.4, 0.5) is 0 Å². The fourth-order valence-corrected chi connectivity index (χ4v) is 13.5. The van der Waals surface area contributed by atoms with Gasteiger partial charge in [0, 0.05) is 45.6 Å². The summed E-state index contributed by atoms with van der Waals surface area (Å²) in [7, 11) is 0. The van der Waals surface area contributed by atoms with Gasteiger partial charge in [0.05, 0.1) is 29.4 Å². The summed E-state index contributed by atoms with van der Waals surface area (Å²) in [5.41, 5.74) is 0. The Hall–Kier alpha value is -2.65. The molecule has 6 aromatic rings. The maximum Gasteiger partial charge on any atom is 0.348 e. The third kappa shape index (κ3) is 14.4. The zero-order chi connectivity index (χ0) is 44.2. The zero-order valence-electron chi connectivity index (χ0n) is 39.7. The molecule has 0 saturated heterocycles. The lowest BCUT2D eigenvalue weighted by atomic mass is 10.0. The molecular weight excluding hydrogens is 853 g/mol. The highest BCUT2D eigenvalue weighted by atomic mass is 32.1. The Labute approximate surface area is 396 Å². The topological polar surface area (TPSA) is 44.8 Å². The number of ether oxygens (including phenoxy) is 3. The van der Waals surface area contributed by atoms with Crippen molar-refractivity contribution in [2.75, 3.05) is 19.8 Å². The van der Waals surface area contributed by atoms with Gasteiger partial charge in [-0.3, -0.25) is 0 Å². The van der Waals surface area contributed by atoms with Crippen LogP contribution in [0.5, 0.6) is 11.5 Å². The second kappa shape index (κ2) is 27.1. The molecule has 0 spiro atoms. The van der Waals surface area contributed by atoms with Crippen LogP contribution in [0.15, 0.2) is 30.3 Å². The first kappa shape index (κ1) is 49.8. The van der Waals surface area contributed by atoms with Gasteiger partial charge in [-0.25, -0.2) is 4.79 Å². The van der Waals surface area contributed by atoms with Gasteiger partial charge in [0.1, 0.15) is 16.4 Å². The number of hydrogen-bond acceptors (Lipinski definition) is 8. The summed E-state index contributed by atoms with van der Waals surface area (Å²) in [6.07, 6.45) is 33.3. The number of thiophene rings is 4. The molecule has 8 heteroatoms. The van der Waals surface area contributed by atoms with E-state index in [1.165, 1.54) is 191 Å². The molecule has 346 valence electrons. The highest BCUT2D eigenvalue weighted by Crippen LogP contribution is 2.51. The Morgan fingerprint density at radius 2 is 0.968 bits per heavy atom. The van der Waals surface area contributed by atoms with Crippen LogP contribution < -0.4 is 9.47 Å². The maximum absolute atomic E-state index is 13.2. The molecule has 0 N–H and O–H groups in total. The molecule has 4 nitrogen and oxygen atoms in total. The standard InChI is InChI=1S/C55H78O4S4/c1-6-9-12-15-18-20-22-24-27-29-32-57-50-44-38-47-42(36-43(44)51(54-45(50)35-40(4)60-54)58-33-30-28-25-23-21-19-16-13-10-7-2)37-48(62-47)53-46-39-49(63-52(46)41(5)61-53)55(56)59-34-31-26-17-14-11-8-3/h35-39H,6-34H2,1-5H3. The summed E-state index contributed by atoms with van der Waals surface area (Å²) in [4.78, 5) is 18.9. The van der Waals surface area contributed by atoms with Crippen molar-refractivity contribution in [3.05, 3.63) is 45.0 Å². The smallest absolute Gasteiger partial charge is 0.348 e. The second-order valence-electron chi connectivity index (χ2n) is 18.1. The molecule has 0 atom stereocenters. The van der Waals surface area contributed by atoms with Crippen molar-refractivity contribution < 1.29 is 19.0 Å². The molecule has 4 heterocycles. The van der Waals surface area contributed by atoms with E-state index < -0.39 is 0 Å². The molecule has 0 unspecified atom stereocenters. The predicted molar refractivity (Wildman–Crippen MR) is 281 cm³/mol. The third-order valence-electron chi connectivity index (χ3n) is 12.6. The molecule has 0 radical (unpaired) electrons. The molecule has 63 heavy (non-hydrogen) atoms. The predicted octanol–water partition coefficient (Wildman–Crippen LogP) is 19.9. The number of benzene rings is 2. The number of fused-ring (bicyclic) bond motifs is 4. The second-order valence-corrected chi connectivity index (χ2v) is 22.7. The first-order valence-electron chi connectivity index (χ1n) is 25.3. The number of carbonyl (C=O) groups is 1. The van der Waals surface area contributed by atoms with Crippen LogP contribution in [-0.2, 0) is 4.74 Å². The van der Waals surface area contributed by atoms with E-state index in [1.54, 1.807) is 11.3 Å². The van der Waals surface area contributed by atoms with Crippen LogP contribution in [0.1, 0.15) is 207 Å². The van der Waals surface area contributed by atoms with Crippen LogP contribution in [-0.4, -0.2) is 25.8 Å². The van der Waals surface area contributed by atoms with Gasteiger partial charge in [0.25, 0.3) is 0 Å². The van der Waals surface area contributed by atoms with Crippen molar-refractivity contribution in [3.8, 4) is 21.3 Å². The van der Waals surface area contributed by atoms with Gasteiger partial charge in [0.2, 0.25) is 0 Å². The van der Waals surface area contributed by atoms with E-state index in [0.717, 1.165) is 61.2 Å². The molecule has 0 amide bonds. The van der Waals surface area contributed by atoms with E-state index in [9.17, 15) is 4.79 Å². The minimum Gasteiger partial charge on any atom is -0.492 e. The van der Waals surface area contributed by atoms with Gasteiger partial charge in [0.15, 0.2) is 0 Å². The van der Waals surface area contributed by atoms with Gasteiger partial charge >= 0.3 is 5.97 Å². The van der Waals surface area contributed by atoms with Crippen LogP contribution in [0.25, 0.3) is 50.8 Å². The van der Waals surface area contributed by atoms with E-state index in [1.807, 2.05) is 34.0 Å². The monoisotopic (exact) mass is 930 g/mol. The summed E-state index contributed by atoms with van der Waals surface area (Å²) in [6.45, 7) is 13.2. The van der Waals surface area contributed by atoms with Crippen LogP contribution in [0.2, 0.25) is 0 Å². The lowest BCUT2D eigenvalue weighted by Crippen LogP contribution is -2.04. The molecule has 0 aliphatic carbocycles. The average Bonchev–Trinajstić information content (AvgIpc) is 4.07. The summed E-state index contributed by atoms with van der Waals surface area (Å²) in [5.74, 6) is 1.85. The van der Waals surface area contributed by atoms with Gasteiger partial charge in [-0.15, -0.1) is 45.3 Å². The Balaban J connectivity index is 1.20. The average molecular weight is 931 g/mol. The number of hydrogen-bond donors (Lipinski definition) is 0. The Morgan fingerprint density at radius 3 is 1.54 bits per heavy atom. The van der Waals surface area contributed by atoms with Gasteiger partial charge in [-0.2, -0.15) is 0 Å². The van der Waals surface area contributed by atoms with Crippen molar-refractivity contribution >= 4 is 92.3 Å². The molecule has 0 fully saturated rings. The molecule has 4 aromatic heterocycles. The van der Waals surface area contributed by atoms with Crippen molar-refractivity contribution in [1.82, 2.24) is 0 Å². The van der Waals surface area contributed by atoms with E-state index in [4.69, 9.17) is 14.2 Å². The summed E-state index contributed by atoms with van der Waals surface area (Å²) in [6, 6.07) is 11.5. The molecule has 0 aliphatic rings. The van der Waals surface area contributed by atoms with E-state index in [2.05, 4.69) is 65.0 Å². The maximum atomic E-state index is 13.2. The van der Waals surface area contributed by atoms with E-state index in [0.29, 0.717) is 11.5 Å². The summed E-state index contributed by atoms with van der Waals surface area (Å²) in [5, 5.41) is 5.90.